The van der Waals surface area contributed by atoms with Crippen LogP contribution in [0.3, 0.4) is 0 Å². The molecule has 2 rings (SSSR count). The van der Waals surface area contributed by atoms with Crippen LogP contribution >= 0.6 is 11.6 Å². The number of halogens is 2. The van der Waals surface area contributed by atoms with E-state index < -0.39 is 0 Å². The van der Waals surface area contributed by atoms with Crippen LogP contribution in [0.2, 0.25) is 5.02 Å². The fourth-order valence-corrected chi connectivity index (χ4v) is 1.84. The molecule has 0 aliphatic carbocycles. The molecule has 2 aromatic rings. The second-order valence-electron chi connectivity index (χ2n) is 4.16. The van der Waals surface area contributed by atoms with Crippen molar-refractivity contribution in [2.45, 2.75) is 6.92 Å². The monoisotopic (exact) mass is 279 g/mol. The van der Waals surface area contributed by atoms with E-state index in [-0.39, 0.29) is 5.82 Å². The van der Waals surface area contributed by atoms with Crippen LogP contribution in [0, 0.1) is 12.7 Å². The lowest BCUT2D eigenvalue weighted by Gasteiger charge is -2.11. The van der Waals surface area contributed by atoms with Crippen LogP contribution in [-0.4, -0.2) is 13.2 Å². The zero-order chi connectivity index (χ0) is 13.7. The van der Waals surface area contributed by atoms with Gasteiger partial charge in [-0.3, -0.25) is 0 Å². The van der Waals surface area contributed by atoms with Crippen LogP contribution in [0.1, 0.15) is 5.56 Å². The van der Waals surface area contributed by atoms with Crippen LogP contribution in [0.4, 0.5) is 10.1 Å². The maximum Gasteiger partial charge on any atom is 0.146 e. The lowest BCUT2D eigenvalue weighted by molar-refractivity contribution is 0.330. The Labute approximate surface area is 117 Å². The quantitative estimate of drug-likeness (QED) is 0.825. The average molecular weight is 280 g/mol. The van der Waals surface area contributed by atoms with E-state index in [9.17, 15) is 4.39 Å². The first-order valence-corrected chi connectivity index (χ1v) is 6.42. The van der Waals surface area contributed by atoms with E-state index in [0.29, 0.717) is 23.9 Å². The molecule has 0 aromatic heterocycles. The molecule has 0 saturated heterocycles. The van der Waals surface area contributed by atoms with Crippen molar-refractivity contribution in [3.63, 3.8) is 0 Å². The summed E-state index contributed by atoms with van der Waals surface area (Å²) in [5.74, 6) is 0.490. The zero-order valence-electron chi connectivity index (χ0n) is 10.6. The fraction of sp³-hybridized carbons (Fsp3) is 0.200. The number of rotatable bonds is 5. The molecule has 2 aromatic carbocycles. The number of benzene rings is 2. The van der Waals surface area contributed by atoms with Crippen molar-refractivity contribution in [2.24, 2.45) is 0 Å². The van der Waals surface area contributed by atoms with Gasteiger partial charge in [0.1, 0.15) is 18.2 Å². The molecule has 0 heterocycles. The van der Waals surface area contributed by atoms with E-state index in [1.54, 1.807) is 24.3 Å². The first kappa shape index (κ1) is 13.7. The summed E-state index contributed by atoms with van der Waals surface area (Å²) in [5, 5.41) is 3.63. The third-order valence-electron chi connectivity index (χ3n) is 2.70. The molecule has 100 valence electrons. The molecular weight excluding hydrogens is 265 g/mol. The maximum absolute atomic E-state index is 13.3. The van der Waals surface area contributed by atoms with E-state index in [2.05, 4.69) is 5.32 Å². The Kier molecular flexibility index (Phi) is 4.63. The minimum Gasteiger partial charge on any atom is -0.491 e. The summed E-state index contributed by atoms with van der Waals surface area (Å²) in [7, 11) is 0. The molecule has 0 fully saturated rings. The number of hydrogen-bond acceptors (Lipinski definition) is 2. The van der Waals surface area contributed by atoms with Crippen LogP contribution in [0.15, 0.2) is 42.5 Å². The Morgan fingerprint density at radius 2 is 2.00 bits per heavy atom. The minimum absolute atomic E-state index is 0.263. The SMILES string of the molecule is Cc1ccc(Cl)cc1OCCNc1ccccc1F. The van der Waals surface area contributed by atoms with E-state index in [1.165, 1.54) is 6.07 Å². The van der Waals surface area contributed by atoms with Gasteiger partial charge in [0.15, 0.2) is 0 Å². The topological polar surface area (TPSA) is 21.3 Å². The van der Waals surface area contributed by atoms with Crippen molar-refractivity contribution in [1.29, 1.82) is 0 Å². The Bertz CT molecular complexity index is 560. The molecule has 0 saturated carbocycles. The predicted octanol–water partition coefficient (Wildman–Crippen LogP) is 4.28. The molecule has 0 amide bonds. The largest absolute Gasteiger partial charge is 0.491 e. The van der Waals surface area contributed by atoms with Gasteiger partial charge in [-0.1, -0.05) is 29.8 Å². The Morgan fingerprint density at radius 1 is 1.21 bits per heavy atom. The molecule has 0 aliphatic rings. The summed E-state index contributed by atoms with van der Waals surface area (Å²) in [6, 6.07) is 12.1. The Hall–Kier alpha value is -1.74. The molecule has 0 atom stereocenters. The summed E-state index contributed by atoms with van der Waals surface area (Å²) in [4.78, 5) is 0. The fourth-order valence-electron chi connectivity index (χ4n) is 1.68. The highest BCUT2D eigenvalue weighted by atomic mass is 35.5. The van der Waals surface area contributed by atoms with E-state index in [0.717, 1.165) is 11.3 Å². The minimum atomic E-state index is -0.263. The highest BCUT2D eigenvalue weighted by Crippen LogP contribution is 2.22. The number of nitrogens with one attached hydrogen (secondary N) is 1. The molecule has 0 aliphatic heterocycles. The van der Waals surface area contributed by atoms with Gasteiger partial charge in [0, 0.05) is 11.6 Å². The van der Waals surface area contributed by atoms with Crippen molar-refractivity contribution < 1.29 is 9.13 Å². The Morgan fingerprint density at radius 3 is 2.79 bits per heavy atom. The molecule has 4 heteroatoms. The summed E-state index contributed by atoms with van der Waals surface area (Å²) in [6.45, 7) is 2.92. The first-order chi connectivity index (χ1) is 9.16. The van der Waals surface area contributed by atoms with Gasteiger partial charge < -0.3 is 10.1 Å². The van der Waals surface area contributed by atoms with Gasteiger partial charge >= 0.3 is 0 Å². The van der Waals surface area contributed by atoms with Crippen LogP contribution in [-0.2, 0) is 0 Å². The summed E-state index contributed by atoms with van der Waals surface area (Å²) < 4.78 is 18.9. The van der Waals surface area contributed by atoms with Crippen LogP contribution < -0.4 is 10.1 Å². The van der Waals surface area contributed by atoms with Gasteiger partial charge in [-0.05, 0) is 36.8 Å². The van der Waals surface area contributed by atoms with Crippen LogP contribution in [0.25, 0.3) is 0 Å². The molecule has 0 unspecified atom stereocenters. The number of anilines is 1. The molecular formula is C15H15ClFNO. The van der Waals surface area contributed by atoms with Gasteiger partial charge in [-0.25, -0.2) is 4.39 Å². The normalized spacial score (nSPS) is 10.3. The molecule has 19 heavy (non-hydrogen) atoms. The number of aryl methyl sites for hydroxylation is 1. The van der Waals surface area contributed by atoms with Gasteiger partial charge in [0.2, 0.25) is 0 Å². The van der Waals surface area contributed by atoms with Crippen molar-refractivity contribution >= 4 is 17.3 Å². The van der Waals surface area contributed by atoms with Crippen molar-refractivity contribution in [1.82, 2.24) is 0 Å². The summed E-state index contributed by atoms with van der Waals surface area (Å²) in [5.41, 5.74) is 1.50. The molecule has 0 radical (unpaired) electrons. The van der Waals surface area contributed by atoms with Crippen LogP contribution in [0.5, 0.6) is 5.75 Å². The van der Waals surface area contributed by atoms with E-state index in [4.69, 9.17) is 16.3 Å². The lowest BCUT2D eigenvalue weighted by atomic mass is 10.2. The Balaban J connectivity index is 1.84. The molecule has 2 nitrogen and oxygen atoms in total. The first-order valence-electron chi connectivity index (χ1n) is 6.04. The van der Waals surface area contributed by atoms with Crippen molar-refractivity contribution in [2.75, 3.05) is 18.5 Å². The highest BCUT2D eigenvalue weighted by Gasteiger charge is 2.02. The molecule has 0 spiro atoms. The van der Waals surface area contributed by atoms with Gasteiger partial charge in [-0.2, -0.15) is 0 Å². The summed E-state index contributed by atoms with van der Waals surface area (Å²) in [6.07, 6.45) is 0. The summed E-state index contributed by atoms with van der Waals surface area (Å²) >= 11 is 5.90. The standard InChI is InChI=1S/C15H15ClFNO/c1-11-6-7-12(16)10-15(11)19-9-8-18-14-5-3-2-4-13(14)17/h2-7,10,18H,8-9H2,1H3. The second kappa shape index (κ2) is 6.43. The maximum atomic E-state index is 13.3. The second-order valence-corrected chi connectivity index (χ2v) is 4.60. The number of hydrogen-bond donors (Lipinski definition) is 1. The lowest BCUT2D eigenvalue weighted by Crippen LogP contribution is -2.12. The van der Waals surface area contributed by atoms with E-state index in [1.807, 2.05) is 19.1 Å². The van der Waals surface area contributed by atoms with Gasteiger partial charge in [0.05, 0.1) is 5.69 Å². The van der Waals surface area contributed by atoms with Gasteiger partial charge in [0.25, 0.3) is 0 Å². The van der Waals surface area contributed by atoms with Crippen molar-refractivity contribution in [3.05, 3.63) is 58.9 Å². The van der Waals surface area contributed by atoms with Crippen molar-refractivity contribution in [3.8, 4) is 5.75 Å². The number of ether oxygens (including phenoxy) is 1. The third-order valence-corrected chi connectivity index (χ3v) is 2.93. The zero-order valence-corrected chi connectivity index (χ0v) is 11.4. The van der Waals surface area contributed by atoms with Gasteiger partial charge in [-0.15, -0.1) is 0 Å². The van der Waals surface area contributed by atoms with E-state index >= 15 is 0 Å². The smallest absolute Gasteiger partial charge is 0.146 e. The molecule has 1 N–H and O–H groups in total. The highest BCUT2D eigenvalue weighted by molar-refractivity contribution is 6.30. The molecule has 0 bridgehead atoms. The average Bonchev–Trinajstić information content (AvgIpc) is 2.40. The number of para-hydroxylation sites is 1. The predicted molar refractivity (Wildman–Crippen MR) is 76.6 cm³/mol. The third kappa shape index (κ3) is 3.86.